The first-order chi connectivity index (χ1) is 13.1. The zero-order valence-electron chi connectivity index (χ0n) is 14.3. The van der Waals surface area contributed by atoms with Gasteiger partial charge in [0.25, 0.3) is 11.6 Å². The lowest BCUT2D eigenvalue weighted by atomic mass is 10.1. The van der Waals surface area contributed by atoms with Crippen LogP contribution in [0.5, 0.6) is 5.75 Å². The minimum absolute atomic E-state index is 0.00625. The summed E-state index contributed by atoms with van der Waals surface area (Å²) >= 11 is 0. The minimum atomic E-state index is -4.62. The molecule has 0 aromatic heterocycles. The molecule has 2 rings (SSSR count). The summed E-state index contributed by atoms with van der Waals surface area (Å²) in [7, 11) is 1.24. The number of esters is 1. The molecule has 1 amide bonds. The predicted molar refractivity (Wildman–Crippen MR) is 90.0 cm³/mol. The fourth-order valence-electron chi connectivity index (χ4n) is 2.12. The van der Waals surface area contributed by atoms with E-state index in [1.165, 1.54) is 13.2 Å². The number of anilines is 1. The quantitative estimate of drug-likeness (QED) is 0.454. The number of halogens is 3. The summed E-state index contributed by atoms with van der Waals surface area (Å²) in [6.07, 6.45) is -4.62. The highest BCUT2D eigenvalue weighted by atomic mass is 19.4. The van der Waals surface area contributed by atoms with E-state index >= 15 is 0 Å². The van der Waals surface area contributed by atoms with Crippen LogP contribution < -0.4 is 10.1 Å². The Morgan fingerprint density at radius 3 is 2.50 bits per heavy atom. The Bertz CT molecular complexity index is 914. The van der Waals surface area contributed by atoms with E-state index in [1.807, 2.05) is 0 Å². The maximum Gasteiger partial charge on any atom is 0.416 e. The lowest BCUT2D eigenvalue weighted by Gasteiger charge is -2.11. The molecule has 0 unspecified atom stereocenters. The molecule has 0 radical (unpaired) electrons. The van der Waals surface area contributed by atoms with Crippen molar-refractivity contribution in [3.63, 3.8) is 0 Å². The number of non-ortho nitro benzene ring substituents is 1. The van der Waals surface area contributed by atoms with E-state index < -0.39 is 35.1 Å². The van der Waals surface area contributed by atoms with Gasteiger partial charge in [-0.15, -0.1) is 0 Å². The molecule has 0 saturated heterocycles. The minimum Gasteiger partial charge on any atom is -0.494 e. The number of carbonyl (C=O) groups is 2. The summed E-state index contributed by atoms with van der Waals surface area (Å²) in [6.45, 7) is -0.783. The third-order valence-electron chi connectivity index (χ3n) is 3.43. The fourth-order valence-corrected chi connectivity index (χ4v) is 2.12. The van der Waals surface area contributed by atoms with Crippen molar-refractivity contribution in [3.8, 4) is 5.75 Å². The second-order valence-electron chi connectivity index (χ2n) is 5.34. The van der Waals surface area contributed by atoms with Gasteiger partial charge in [-0.3, -0.25) is 14.9 Å². The van der Waals surface area contributed by atoms with Crippen LogP contribution in [0.15, 0.2) is 42.5 Å². The lowest BCUT2D eigenvalue weighted by Crippen LogP contribution is -2.21. The van der Waals surface area contributed by atoms with Crippen LogP contribution in [0.25, 0.3) is 0 Å². The Balaban J connectivity index is 2.01. The molecule has 0 spiro atoms. The van der Waals surface area contributed by atoms with Gasteiger partial charge in [0, 0.05) is 6.07 Å². The molecule has 148 valence electrons. The zero-order valence-corrected chi connectivity index (χ0v) is 14.3. The Morgan fingerprint density at radius 1 is 1.18 bits per heavy atom. The van der Waals surface area contributed by atoms with Gasteiger partial charge in [0.1, 0.15) is 5.75 Å². The Labute approximate surface area is 156 Å². The number of methoxy groups -OCH3 is 1. The van der Waals surface area contributed by atoms with Crippen LogP contribution in [0.1, 0.15) is 15.9 Å². The van der Waals surface area contributed by atoms with Gasteiger partial charge < -0.3 is 14.8 Å². The smallest absolute Gasteiger partial charge is 0.416 e. The van der Waals surface area contributed by atoms with Gasteiger partial charge in [0.15, 0.2) is 6.61 Å². The van der Waals surface area contributed by atoms with Gasteiger partial charge in [-0.2, -0.15) is 13.2 Å². The van der Waals surface area contributed by atoms with Crippen molar-refractivity contribution in [2.24, 2.45) is 0 Å². The molecule has 0 aliphatic heterocycles. The average molecular weight is 398 g/mol. The largest absolute Gasteiger partial charge is 0.494 e. The van der Waals surface area contributed by atoms with E-state index in [9.17, 15) is 32.9 Å². The number of hydrogen-bond donors (Lipinski definition) is 1. The number of nitro groups is 1. The van der Waals surface area contributed by atoms with Gasteiger partial charge in [-0.05, 0) is 24.3 Å². The van der Waals surface area contributed by atoms with Crippen LogP contribution in [0, 0.1) is 10.1 Å². The number of rotatable bonds is 6. The first-order valence-electron chi connectivity index (χ1n) is 7.58. The molecule has 0 atom stereocenters. The third kappa shape index (κ3) is 5.19. The molecule has 2 aromatic carbocycles. The maximum atomic E-state index is 12.7. The van der Waals surface area contributed by atoms with Crippen LogP contribution in [0.3, 0.4) is 0 Å². The number of nitro benzene ring substituents is 1. The highest BCUT2D eigenvalue weighted by Gasteiger charge is 2.31. The second-order valence-corrected chi connectivity index (χ2v) is 5.34. The molecular weight excluding hydrogens is 385 g/mol. The van der Waals surface area contributed by atoms with Crippen LogP contribution in [-0.2, 0) is 15.7 Å². The van der Waals surface area contributed by atoms with Crippen molar-refractivity contribution in [1.29, 1.82) is 0 Å². The van der Waals surface area contributed by atoms with E-state index in [1.54, 1.807) is 0 Å². The summed E-state index contributed by atoms with van der Waals surface area (Å²) in [6, 6.07) is 7.01. The first kappa shape index (κ1) is 20.7. The normalized spacial score (nSPS) is 10.9. The number of ether oxygens (including phenoxy) is 2. The molecule has 8 nitrogen and oxygen atoms in total. The van der Waals surface area contributed by atoms with E-state index in [-0.39, 0.29) is 22.7 Å². The number of carbonyl (C=O) groups excluding carboxylic acids is 2. The first-order valence-corrected chi connectivity index (χ1v) is 7.58. The van der Waals surface area contributed by atoms with Gasteiger partial charge in [-0.25, -0.2) is 4.79 Å². The summed E-state index contributed by atoms with van der Waals surface area (Å²) < 4.78 is 47.6. The third-order valence-corrected chi connectivity index (χ3v) is 3.43. The molecule has 0 aliphatic carbocycles. The van der Waals surface area contributed by atoms with Crippen molar-refractivity contribution < 1.29 is 37.2 Å². The molecular formula is C17H13F3N2O6. The van der Waals surface area contributed by atoms with Crippen LogP contribution in [-0.4, -0.2) is 30.5 Å². The predicted octanol–water partition coefficient (Wildman–Crippen LogP) is 3.42. The van der Waals surface area contributed by atoms with E-state index in [2.05, 4.69) is 5.32 Å². The van der Waals surface area contributed by atoms with E-state index in [0.717, 1.165) is 30.3 Å². The number of amides is 1. The standard InChI is InChI=1S/C17H13F3N2O6/c1-27-14-8-12(22(25)26)5-6-13(14)21-15(23)9-28-16(24)10-3-2-4-11(7-10)17(18,19)20/h2-8H,9H2,1H3,(H,21,23). The number of nitrogens with zero attached hydrogens (tertiary/aromatic N) is 1. The number of hydrogen-bond acceptors (Lipinski definition) is 6. The van der Waals surface area contributed by atoms with Crippen LogP contribution in [0.4, 0.5) is 24.5 Å². The topological polar surface area (TPSA) is 108 Å². The lowest BCUT2D eigenvalue weighted by molar-refractivity contribution is -0.384. The Hall–Kier alpha value is -3.63. The number of benzene rings is 2. The summed E-state index contributed by atoms with van der Waals surface area (Å²) in [5.74, 6) is -1.92. The van der Waals surface area contributed by atoms with E-state index in [4.69, 9.17) is 9.47 Å². The summed E-state index contributed by atoms with van der Waals surface area (Å²) in [5.41, 5.74) is -1.56. The molecule has 11 heteroatoms. The molecule has 0 saturated carbocycles. The molecule has 0 heterocycles. The number of nitrogens with one attached hydrogen (secondary N) is 1. The molecule has 0 fully saturated rings. The molecule has 28 heavy (non-hydrogen) atoms. The second kappa shape index (κ2) is 8.37. The molecule has 2 aromatic rings. The fraction of sp³-hybridized carbons (Fsp3) is 0.176. The molecule has 0 aliphatic rings. The van der Waals surface area contributed by atoms with E-state index in [0.29, 0.717) is 6.07 Å². The van der Waals surface area contributed by atoms with Crippen molar-refractivity contribution in [2.45, 2.75) is 6.18 Å². The van der Waals surface area contributed by atoms with Gasteiger partial charge in [-0.1, -0.05) is 6.07 Å². The molecule has 0 bridgehead atoms. The van der Waals surface area contributed by atoms with Crippen molar-refractivity contribution in [1.82, 2.24) is 0 Å². The van der Waals surface area contributed by atoms with Crippen molar-refractivity contribution in [3.05, 3.63) is 63.7 Å². The monoisotopic (exact) mass is 398 g/mol. The van der Waals surface area contributed by atoms with Crippen LogP contribution >= 0.6 is 0 Å². The zero-order chi connectivity index (χ0) is 20.9. The van der Waals surface area contributed by atoms with Gasteiger partial charge in [0.05, 0.1) is 34.9 Å². The van der Waals surface area contributed by atoms with Gasteiger partial charge >= 0.3 is 12.1 Å². The van der Waals surface area contributed by atoms with Crippen molar-refractivity contribution >= 4 is 23.3 Å². The Kier molecular flexibility index (Phi) is 6.18. The van der Waals surface area contributed by atoms with Crippen LogP contribution in [0.2, 0.25) is 0 Å². The Morgan fingerprint density at radius 2 is 1.89 bits per heavy atom. The van der Waals surface area contributed by atoms with Crippen molar-refractivity contribution in [2.75, 3.05) is 19.0 Å². The average Bonchev–Trinajstić information content (AvgIpc) is 2.65. The molecule has 1 N–H and O–H groups in total. The SMILES string of the molecule is COc1cc([N+](=O)[O-])ccc1NC(=O)COC(=O)c1cccc(C(F)(F)F)c1. The summed E-state index contributed by atoms with van der Waals surface area (Å²) in [4.78, 5) is 33.8. The number of alkyl halides is 3. The van der Waals surface area contributed by atoms with Gasteiger partial charge in [0.2, 0.25) is 0 Å². The summed E-state index contributed by atoms with van der Waals surface area (Å²) in [5, 5.41) is 13.1. The highest BCUT2D eigenvalue weighted by molar-refractivity contribution is 5.96. The highest BCUT2D eigenvalue weighted by Crippen LogP contribution is 2.30. The maximum absolute atomic E-state index is 12.7.